The highest BCUT2D eigenvalue weighted by atomic mass is 35.5. The molecule has 1 aliphatic heterocycles. The standard InChI is InChI=1S/C16H21N5O.ClH/c1-16(8-5-9-17-11-16)12-18-15(22)14-10-19-21(20-14)13-6-3-2-4-7-13;/h2-4,6-7,10,17H,5,8-9,11-12H2,1H3,(H,18,22);1H. The van der Waals surface area contributed by atoms with Crippen LogP contribution in [0.4, 0.5) is 0 Å². The Kier molecular flexibility index (Phi) is 5.74. The second-order valence-electron chi connectivity index (χ2n) is 6.13. The minimum Gasteiger partial charge on any atom is -0.350 e. The maximum absolute atomic E-state index is 12.2. The number of piperidine rings is 1. The summed E-state index contributed by atoms with van der Waals surface area (Å²) in [6.07, 6.45) is 3.78. The summed E-state index contributed by atoms with van der Waals surface area (Å²) in [5.74, 6) is -0.172. The molecule has 0 bridgehead atoms. The lowest BCUT2D eigenvalue weighted by Gasteiger charge is -2.34. The molecular formula is C16H22ClN5O. The first-order chi connectivity index (χ1) is 10.7. The molecule has 124 valence electrons. The molecule has 1 aromatic heterocycles. The van der Waals surface area contributed by atoms with Crippen molar-refractivity contribution in [3.63, 3.8) is 0 Å². The van der Waals surface area contributed by atoms with Gasteiger partial charge in [-0.05, 0) is 36.9 Å². The third kappa shape index (κ3) is 4.30. The van der Waals surface area contributed by atoms with E-state index in [0.29, 0.717) is 12.2 Å². The van der Waals surface area contributed by atoms with Crippen molar-refractivity contribution >= 4 is 18.3 Å². The van der Waals surface area contributed by atoms with Gasteiger partial charge in [-0.3, -0.25) is 4.79 Å². The predicted octanol–water partition coefficient (Wildman–Crippen LogP) is 1.81. The lowest BCUT2D eigenvalue weighted by atomic mass is 9.83. The van der Waals surface area contributed by atoms with Gasteiger partial charge >= 0.3 is 0 Å². The van der Waals surface area contributed by atoms with Gasteiger partial charge in [0, 0.05) is 13.1 Å². The van der Waals surface area contributed by atoms with Gasteiger partial charge in [0.25, 0.3) is 5.91 Å². The molecule has 1 aliphatic rings. The molecule has 1 fully saturated rings. The number of aromatic nitrogens is 3. The maximum Gasteiger partial charge on any atom is 0.273 e. The van der Waals surface area contributed by atoms with Crippen molar-refractivity contribution in [3.8, 4) is 5.69 Å². The summed E-state index contributed by atoms with van der Waals surface area (Å²) in [7, 11) is 0. The number of carbonyl (C=O) groups excluding carboxylic acids is 1. The van der Waals surface area contributed by atoms with E-state index in [1.807, 2.05) is 30.3 Å². The van der Waals surface area contributed by atoms with Crippen molar-refractivity contribution in [1.82, 2.24) is 25.6 Å². The highest BCUT2D eigenvalue weighted by Crippen LogP contribution is 2.24. The number of benzene rings is 1. The zero-order chi connectivity index (χ0) is 15.4. The van der Waals surface area contributed by atoms with Crippen LogP contribution in [-0.4, -0.2) is 40.5 Å². The van der Waals surface area contributed by atoms with E-state index in [4.69, 9.17) is 0 Å². The van der Waals surface area contributed by atoms with E-state index >= 15 is 0 Å². The highest BCUT2D eigenvalue weighted by Gasteiger charge is 2.27. The summed E-state index contributed by atoms with van der Waals surface area (Å²) in [5.41, 5.74) is 1.30. The monoisotopic (exact) mass is 335 g/mol. The summed E-state index contributed by atoms with van der Waals surface area (Å²) in [6.45, 7) is 4.84. The molecule has 3 rings (SSSR count). The van der Waals surface area contributed by atoms with Crippen LogP contribution in [0.1, 0.15) is 30.3 Å². The zero-order valence-electron chi connectivity index (χ0n) is 13.2. The van der Waals surface area contributed by atoms with E-state index in [1.165, 1.54) is 11.0 Å². The van der Waals surface area contributed by atoms with E-state index in [2.05, 4.69) is 27.8 Å². The number of nitrogens with zero attached hydrogens (tertiary/aromatic N) is 3. The fourth-order valence-corrected chi connectivity index (χ4v) is 2.71. The van der Waals surface area contributed by atoms with Gasteiger partial charge in [-0.2, -0.15) is 9.90 Å². The number of hydrogen-bond acceptors (Lipinski definition) is 4. The van der Waals surface area contributed by atoms with Crippen molar-refractivity contribution < 1.29 is 4.79 Å². The van der Waals surface area contributed by atoms with E-state index in [1.54, 1.807) is 0 Å². The average molecular weight is 336 g/mol. The molecule has 1 saturated heterocycles. The minimum absolute atomic E-state index is 0. The zero-order valence-corrected chi connectivity index (χ0v) is 14.0. The van der Waals surface area contributed by atoms with Gasteiger partial charge < -0.3 is 10.6 Å². The molecule has 2 N–H and O–H groups in total. The quantitative estimate of drug-likeness (QED) is 0.894. The number of nitrogens with one attached hydrogen (secondary N) is 2. The van der Waals surface area contributed by atoms with Gasteiger partial charge in [-0.15, -0.1) is 17.5 Å². The Morgan fingerprint density at radius 3 is 2.87 bits per heavy atom. The smallest absolute Gasteiger partial charge is 0.273 e. The van der Waals surface area contributed by atoms with Crippen LogP contribution in [0.15, 0.2) is 36.5 Å². The van der Waals surface area contributed by atoms with Crippen molar-refractivity contribution in [2.75, 3.05) is 19.6 Å². The van der Waals surface area contributed by atoms with Gasteiger partial charge in [0.05, 0.1) is 11.9 Å². The molecule has 23 heavy (non-hydrogen) atoms. The Morgan fingerprint density at radius 2 is 2.17 bits per heavy atom. The molecule has 7 heteroatoms. The maximum atomic E-state index is 12.2. The SMILES string of the molecule is CC1(CNC(=O)c2cnn(-c3ccccc3)n2)CCCNC1.Cl. The van der Waals surface area contributed by atoms with Crippen LogP contribution in [-0.2, 0) is 0 Å². The van der Waals surface area contributed by atoms with Crippen LogP contribution in [0.25, 0.3) is 5.69 Å². The molecule has 0 spiro atoms. The number of rotatable bonds is 4. The molecule has 2 heterocycles. The first-order valence-corrected chi connectivity index (χ1v) is 7.63. The molecular weight excluding hydrogens is 314 g/mol. The van der Waals surface area contributed by atoms with Crippen LogP contribution in [0.3, 0.4) is 0 Å². The van der Waals surface area contributed by atoms with E-state index in [-0.39, 0.29) is 23.7 Å². The summed E-state index contributed by atoms with van der Waals surface area (Å²) in [4.78, 5) is 13.7. The van der Waals surface area contributed by atoms with Gasteiger partial charge in [0.15, 0.2) is 5.69 Å². The minimum atomic E-state index is -0.172. The molecule has 0 saturated carbocycles. The lowest BCUT2D eigenvalue weighted by Crippen LogP contribution is -2.45. The van der Waals surface area contributed by atoms with Crippen molar-refractivity contribution in [1.29, 1.82) is 0 Å². The van der Waals surface area contributed by atoms with Gasteiger partial charge in [-0.25, -0.2) is 0 Å². The second-order valence-corrected chi connectivity index (χ2v) is 6.13. The number of carbonyl (C=O) groups is 1. The van der Waals surface area contributed by atoms with Gasteiger partial charge in [0.2, 0.25) is 0 Å². The molecule has 1 atom stereocenters. The van der Waals surface area contributed by atoms with E-state index < -0.39 is 0 Å². The number of hydrogen-bond donors (Lipinski definition) is 2. The van der Waals surface area contributed by atoms with Crippen LogP contribution in [0.5, 0.6) is 0 Å². The molecule has 1 aromatic carbocycles. The second kappa shape index (κ2) is 7.57. The van der Waals surface area contributed by atoms with Crippen molar-refractivity contribution in [3.05, 3.63) is 42.2 Å². The first-order valence-electron chi connectivity index (χ1n) is 7.63. The van der Waals surface area contributed by atoms with Crippen LogP contribution in [0.2, 0.25) is 0 Å². The number of halogens is 1. The molecule has 2 aromatic rings. The molecule has 0 aliphatic carbocycles. The largest absolute Gasteiger partial charge is 0.350 e. The van der Waals surface area contributed by atoms with E-state index in [0.717, 1.165) is 31.6 Å². The average Bonchev–Trinajstić information content (AvgIpc) is 3.04. The number of amides is 1. The van der Waals surface area contributed by atoms with Gasteiger partial charge in [0.1, 0.15) is 0 Å². The third-order valence-electron chi connectivity index (χ3n) is 4.07. The summed E-state index contributed by atoms with van der Waals surface area (Å²) in [5, 5.41) is 14.8. The first kappa shape index (κ1) is 17.4. The van der Waals surface area contributed by atoms with Gasteiger partial charge in [-0.1, -0.05) is 25.1 Å². The molecule has 1 unspecified atom stereocenters. The number of para-hydroxylation sites is 1. The highest BCUT2D eigenvalue weighted by molar-refractivity contribution is 5.91. The van der Waals surface area contributed by atoms with Crippen LogP contribution >= 0.6 is 12.4 Å². The lowest BCUT2D eigenvalue weighted by molar-refractivity contribution is 0.0919. The topological polar surface area (TPSA) is 71.8 Å². The summed E-state index contributed by atoms with van der Waals surface area (Å²) < 4.78 is 0. The van der Waals surface area contributed by atoms with Crippen molar-refractivity contribution in [2.24, 2.45) is 5.41 Å². The molecule has 1 amide bonds. The Hall–Kier alpha value is -1.92. The normalized spacial score (nSPS) is 20.6. The predicted molar refractivity (Wildman–Crippen MR) is 91.2 cm³/mol. The summed E-state index contributed by atoms with van der Waals surface area (Å²) >= 11 is 0. The fraction of sp³-hybridized carbons (Fsp3) is 0.438. The molecule has 0 radical (unpaired) electrons. The van der Waals surface area contributed by atoms with Crippen LogP contribution in [0, 0.1) is 5.41 Å². The Bertz CT molecular complexity index is 637. The van der Waals surface area contributed by atoms with Crippen LogP contribution < -0.4 is 10.6 Å². The Labute approximate surface area is 142 Å². The van der Waals surface area contributed by atoms with E-state index in [9.17, 15) is 4.79 Å². The third-order valence-corrected chi connectivity index (χ3v) is 4.07. The Balaban J connectivity index is 0.00000192. The molecule has 6 nitrogen and oxygen atoms in total. The fourth-order valence-electron chi connectivity index (χ4n) is 2.71. The Morgan fingerprint density at radius 1 is 1.39 bits per heavy atom. The van der Waals surface area contributed by atoms with Crippen molar-refractivity contribution in [2.45, 2.75) is 19.8 Å². The summed E-state index contributed by atoms with van der Waals surface area (Å²) in [6, 6.07) is 9.55.